The van der Waals surface area contributed by atoms with Gasteiger partial charge in [0.2, 0.25) is 0 Å². The second-order valence-corrected chi connectivity index (χ2v) is 12.6. The zero-order chi connectivity index (χ0) is 37.7. The van der Waals surface area contributed by atoms with Crippen molar-refractivity contribution in [3.05, 3.63) is 129 Å². The summed E-state index contributed by atoms with van der Waals surface area (Å²) >= 11 is 0. The van der Waals surface area contributed by atoms with Crippen molar-refractivity contribution in [3.63, 3.8) is 0 Å². The van der Waals surface area contributed by atoms with E-state index < -0.39 is 47.2 Å². The van der Waals surface area contributed by atoms with E-state index in [0.29, 0.717) is 28.2 Å². The van der Waals surface area contributed by atoms with Crippen molar-refractivity contribution in [2.75, 3.05) is 11.5 Å². The van der Waals surface area contributed by atoms with E-state index in [1.54, 1.807) is 39.8 Å². The lowest BCUT2D eigenvalue weighted by Gasteiger charge is -2.08. The molecule has 0 saturated carbocycles. The summed E-state index contributed by atoms with van der Waals surface area (Å²) in [5.41, 5.74) is 18.0. The van der Waals surface area contributed by atoms with Crippen LogP contribution in [0.2, 0.25) is 0 Å². The summed E-state index contributed by atoms with van der Waals surface area (Å²) in [5.74, 6) is -3.17. The quantitative estimate of drug-likeness (QED) is 0.119. The molecule has 11 heteroatoms. The van der Waals surface area contributed by atoms with Gasteiger partial charge in [-0.2, -0.15) is 0 Å². The summed E-state index contributed by atoms with van der Waals surface area (Å²) in [6.45, 7) is 14.8. The van der Waals surface area contributed by atoms with Crippen LogP contribution in [0.25, 0.3) is 0 Å². The van der Waals surface area contributed by atoms with Crippen molar-refractivity contribution in [1.29, 1.82) is 0 Å². The van der Waals surface area contributed by atoms with E-state index in [0.717, 1.165) is 29.8 Å². The molecular weight excluding hydrogens is 647 g/mol. The molecule has 49 heavy (non-hydrogen) atoms. The number of anilines is 2. The molecule has 0 spiro atoms. The largest absolute Gasteiger partial charge is 0.396 e. The number of hydrogen-bond acceptors (Lipinski definition) is 4. The third-order valence-corrected chi connectivity index (χ3v) is 7.43. The number of nitrogen functional groups attached to an aromatic ring is 2. The molecule has 0 heterocycles. The first kappa shape index (κ1) is 42.9. The van der Waals surface area contributed by atoms with Gasteiger partial charge in [-0.05, 0) is 82.3 Å². The molecule has 0 bridgehead atoms. The highest BCUT2D eigenvalue weighted by molar-refractivity contribution is 5.44. The van der Waals surface area contributed by atoms with Crippen LogP contribution < -0.4 is 17.2 Å². The molecular formula is C38H48F7N3O. The SMILES string of the molecule is CC(C)c1cc(F)c(CO)cc1F.CC(C)c1cc(F)c(N)c(F)c1.CC(C)c1cc(F)c(N)cc1F.CC(C)c1ccc(CN)c(F)c1. The molecule has 0 amide bonds. The van der Waals surface area contributed by atoms with Crippen LogP contribution in [0.1, 0.15) is 112 Å². The Morgan fingerprint density at radius 2 is 0.918 bits per heavy atom. The first-order valence-corrected chi connectivity index (χ1v) is 15.8. The Morgan fingerprint density at radius 1 is 0.490 bits per heavy atom. The van der Waals surface area contributed by atoms with Gasteiger partial charge in [-0.25, -0.2) is 30.7 Å². The molecule has 7 N–H and O–H groups in total. The number of halogens is 7. The minimum Gasteiger partial charge on any atom is -0.396 e. The zero-order valence-electron chi connectivity index (χ0n) is 29.2. The van der Waals surface area contributed by atoms with Gasteiger partial charge in [0.1, 0.15) is 46.4 Å². The monoisotopic (exact) mass is 695 g/mol. The lowest BCUT2D eigenvalue weighted by atomic mass is 10.0. The molecule has 270 valence electrons. The molecule has 0 saturated heterocycles. The van der Waals surface area contributed by atoms with E-state index in [4.69, 9.17) is 22.3 Å². The molecule has 0 aliphatic carbocycles. The van der Waals surface area contributed by atoms with Gasteiger partial charge in [-0.3, -0.25) is 0 Å². The highest BCUT2D eigenvalue weighted by Gasteiger charge is 2.12. The van der Waals surface area contributed by atoms with Crippen LogP contribution >= 0.6 is 0 Å². The van der Waals surface area contributed by atoms with Crippen LogP contribution in [-0.2, 0) is 13.2 Å². The molecule has 4 aromatic rings. The first-order valence-electron chi connectivity index (χ1n) is 15.8. The smallest absolute Gasteiger partial charge is 0.149 e. The Kier molecular flexibility index (Phi) is 17.3. The van der Waals surface area contributed by atoms with Gasteiger partial charge in [0, 0.05) is 23.7 Å². The van der Waals surface area contributed by atoms with Crippen molar-refractivity contribution < 1.29 is 35.8 Å². The number of rotatable bonds is 6. The molecule has 0 aliphatic rings. The average molecular weight is 696 g/mol. The third-order valence-electron chi connectivity index (χ3n) is 7.43. The van der Waals surface area contributed by atoms with E-state index in [1.807, 2.05) is 33.8 Å². The van der Waals surface area contributed by atoms with Gasteiger partial charge >= 0.3 is 0 Å². The summed E-state index contributed by atoms with van der Waals surface area (Å²) in [6.07, 6.45) is 0. The summed E-state index contributed by atoms with van der Waals surface area (Å²) in [7, 11) is 0. The molecule has 0 unspecified atom stereocenters. The number of benzene rings is 4. The molecule has 4 nitrogen and oxygen atoms in total. The molecule has 0 fully saturated rings. The second kappa shape index (κ2) is 19.8. The van der Waals surface area contributed by atoms with E-state index in [1.165, 1.54) is 12.1 Å². The van der Waals surface area contributed by atoms with Gasteiger partial charge in [0.15, 0.2) is 0 Å². The van der Waals surface area contributed by atoms with Crippen LogP contribution in [0.3, 0.4) is 0 Å². The fourth-order valence-corrected chi connectivity index (χ4v) is 4.21. The average Bonchev–Trinajstić information content (AvgIpc) is 3.02. The van der Waals surface area contributed by atoms with E-state index in [2.05, 4.69) is 0 Å². The second-order valence-electron chi connectivity index (χ2n) is 12.6. The standard InChI is InChI=1S/C10H12F2O.C10H14FN.2C9H11F2N/c1-6(2)8-4-9(11)7(5-13)3-10(8)12;1-7(2)8-3-4-9(6-12)10(11)5-8;1-5(2)6-3-8(11)9(12)4-7(6)10;1-5(2)6-3-7(10)9(12)8(11)4-6/h3-4,6,13H,5H2,1-2H3;3-5,7H,6,12H2,1-2H3;2*3-5H,12H2,1-2H3. The topological polar surface area (TPSA) is 98.3 Å². The highest BCUT2D eigenvalue weighted by Crippen LogP contribution is 2.24. The number of hydrogen-bond donors (Lipinski definition) is 4. The van der Waals surface area contributed by atoms with Gasteiger partial charge in [-0.15, -0.1) is 0 Å². The maximum atomic E-state index is 13.2. The Bertz CT molecular complexity index is 1630. The molecule has 0 aliphatic heterocycles. The Labute approximate surface area is 285 Å². The molecule has 4 aromatic carbocycles. The van der Waals surface area contributed by atoms with Crippen LogP contribution in [0, 0.1) is 40.7 Å². The van der Waals surface area contributed by atoms with Crippen molar-refractivity contribution in [3.8, 4) is 0 Å². The molecule has 0 atom stereocenters. The third kappa shape index (κ3) is 13.0. The predicted molar refractivity (Wildman–Crippen MR) is 184 cm³/mol. The van der Waals surface area contributed by atoms with Crippen molar-refractivity contribution in [2.24, 2.45) is 5.73 Å². The lowest BCUT2D eigenvalue weighted by Crippen LogP contribution is -2.00. The Balaban J connectivity index is 0.000000327. The zero-order valence-corrected chi connectivity index (χ0v) is 29.2. The summed E-state index contributed by atoms with van der Waals surface area (Å²) in [4.78, 5) is 0. The molecule has 4 rings (SSSR count). The van der Waals surface area contributed by atoms with Gasteiger partial charge in [0.05, 0.1) is 12.3 Å². The molecule has 0 radical (unpaired) electrons. The summed E-state index contributed by atoms with van der Waals surface area (Å²) in [6, 6.07) is 12.1. The first-order chi connectivity index (χ1) is 22.7. The maximum Gasteiger partial charge on any atom is 0.149 e. The van der Waals surface area contributed by atoms with Crippen LogP contribution in [0.15, 0.2) is 54.6 Å². The number of aliphatic hydroxyl groups excluding tert-OH is 1. The van der Waals surface area contributed by atoms with E-state index in [-0.39, 0.29) is 41.4 Å². The molecule has 0 aromatic heterocycles. The fourth-order valence-electron chi connectivity index (χ4n) is 4.21. The minimum atomic E-state index is -0.682. The highest BCUT2D eigenvalue weighted by atomic mass is 19.2. The Morgan fingerprint density at radius 3 is 1.33 bits per heavy atom. The van der Waals surface area contributed by atoms with E-state index in [9.17, 15) is 30.7 Å². The van der Waals surface area contributed by atoms with E-state index >= 15 is 0 Å². The summed E-state index contributed by atoms with van der Waals surface area (Å²) < 4.78 is 90.9. The van der Waals surface area contributed by atoms with Gasteiger partial charge in [0.25, 0.3) is 0 Å². The number of aliphatic hydroxyl groups is 1. The van der Waals surface area contributed by atoms with Gasteiger partial charge in [-0.1, -0.05) is 67.5 Å². The fraction of sp³-hybridized carbons (Fsp3) is 0.368. The minimum absolute atomic E-state index is 0.00176. The van der Waals surface area contributed by atoms with Crippen LogP contribution in [0.4, 0.5) is 42.1 Å². The number of nitrogens with two attached hydrogens (primary N) is 3. The maximum absolute atomic E-state index is 13.2. The Hall–Kier alpha value is -4.09. The normalized spacial score (nSPS) is 10.8. The van der Waals surface area contributed by atoms with Gasteiger partial charge < -0.3 is 22.3 Å². The van der Waals surface area contributed by atoms with Crippen molar-refractivity contribution in [2.45, 2.75) is 92.2 Å². The lowest BCUT2D eigenvalue weighted by molar-refractivity contribution is 0.274. The van der Waals surface area contributed by atoms with Crippen LogP contribution in [0.5, 0.6) is 0 Å². The summed E-state index contributed by atoms with van der Waals surface area (Å²) in [5, 5.41) is 8.67. The van der Waals surface area contributed by atoms with Crippen molar-refractivity contribution >= 4 is 11.4 Å². The predicted octanol–water partition coefficient (Wildman–Crippen LogP) is 10.3. The van der Waals surface area contributed by atoms with Crippen LogP contribution in [-0.4, -0.2) is 5.11 Å². The van der Waals surface area contributed by atoms with Crippen molar-refractivity contribution in [1.82, 2.24) is 0 Å².